The molecule has 0 heterocycles. The van der Waals surface area contributed by atoms with Gasteiger partial charge in [0, 0.05) is 23.6 Å². The number of hydrogen-bond donors (Lipinski definition) is 1. The van der Waals surface area contributed by atoms with E-state index in [1.165, 1.54) is 0 Å². The second-order valence-corrected chi connectivity index (χ2v) is 8.53. The van der Waals surface area contributed by atoms with E-state index >= 15 is 0 Å². The summed E-state index contributed by atoms with van der Waals surface area (Å²) in [5.41, 5.74) is 0.571. The molecule has 1 amide bonds. The van der Waals surface area contributed by atoms with E-state index in [2.05, 4.69) is 5.32 Å². The number of nitrogens with one attached hydrogen (secondary N) is 1. The molecule has 0 aliphatic heterocycles. The first kappa shape index (κ1) is 18.3. The van der Waals surface area contributed by atoms with Gasteiger partial charge in [0.15, 0.2) is 5.78 Å². The van der Waals surface area contributed by atoms with Crippen LogP contribution in [0, 0.1) is 5.41 Å². The third-order valence-electron chi connectivity index (χ3n) is 5.42. The Bertz CT molecular complexity index is 878. The maximum Gasteiger partial charge on any atom is 0.251 e. The Hall–Kier alpha value is -2.04. The van der Waals surface area contributed by atoms with Gasteiger partial charge in [0.25, 0.3) is 5.91 Å². The molecule has 6 heteroatoms. The van der Waals surface area contributed by atoms with Crippen LogP contribution in [-0.2, 0) is 4.79 Å². The smallest absolute Gasteiger partial charge is 0.251 e. The molecule has 3 aliphatic rings. The molecule has 0 atom stereocenters. The number of hydrogen-bond acceptors (Lipinski definition) is 3. The summed E-state index contributed by atoms with van der Waals surface area (Å²) >= 11 is 11.8. The van der Waals surface area contributed by atoms with Crippen LogP contribution in [0.2, 0.25) is 10.0 Å². The van der Waals surface area contributed by atoms with Crippen LogP contribution in [0.3, 0.4) is 0 Å². The highest BCUT2D eigenvalue weighted by atomic mass is 35.5. The maximum atomic E-state index is 12.3. The van der Waals surface area contributed by atoms with Crippen molar-refractivity contribution >= 4 is 34.9 Å². The molecule has 3 fully saturated rings. The van der Waals surface area contributed by atoms with E-state index in [-0.39, 0.29) is 29.3 Å². The number of ketones is 1. The van der Waals surface area contributed by atoms with Gasteiger partial charge in [-0.25, -0.2) is 0 Å². The van der Waals surface area contributed by atoms with Gasteiger partial charge in [-0.1, -0.05) is 41.4 Å². The SMILES string of the molecule is O=C(COc1ccc(Cl)c(Cl)c1)CC12CC(NC(=O)c3ccccc3)(C1)C2. The summed E-state index contributed by atoms with van der Waals surface area (Å²) in [4.78, 5) is 24.6. The number of rotatable bonds is 7. The summed E-state index contributed by atoms with van der Waals surface area (Å²) in [5.74, 6) is 0.545. The van der Waals surface area contributed by atoms with E-state index < -0.39 is 0 Å². The fourth-order valence-electron chi connectivity index (χ4n) is 4.42. The van der Waals surface area contributed by atoms with Gasteiger partial charge in [-0.15, -0.1) is 0 Å². The predicted octanol–water partition coefficient (Wildman–Crippen LogP) is 4.68. The van der Waals surface area contributed by atoms with Crippen molar-refractivity contribution in [1.29, 1.82) is 0 Å². The van der Waals surface area contributed by atoms with Crippen molar-refractivity contribution in [2.45, 2.75) is 31.2 Å². The summed E-state index contributed by atoms with van der Waals surface area (Å²) < 4.78 is 5.52. The van der Waals surface area contributed by atoms with Crippen molar-refractivity contribution in [3.8, 4) is 5.75 Å². The zero-order valence-electron chi connectivity index (χ0n) is 14.6. The third-order valence-corrected chi connectivity index (χ3v) is 6.16. The zero-order chi connectivity index (χ0) is 19.1. The van der Waals surface area contributed by atoms with Gasteiger partial charge in [-0.05, 0) is 48.9 Å². The molecule has 0 spiro atoms. The summed E-state index contributed by atoms with van der Waals surface area (Å²) in [6, 6.07) is 14.1. The Morgan fingerprint density at radius 2 is 1.70 bits per heavy atom. The molecule has 2 bridgehead atoms. The molecule has 0 radical (unpaired) electrons. The molecule has 140 valence electrons. The lowest BCUT2D eigenvalue weighted by molar-refractivity contribution is -0.162. The van der Waals surface area contributed by atoms with Gasteiger partial charge in [-0.3, -0.25) is 9.59 Å². The second-order valence-electron chi connectivity index (χ2n) is 7.71. The van der Waals surface area contributed by atoms with Crippen LogP contribution in [0.4, 0.5) is 0 Å². The normalized spacial score (nSPS) is 25.1. The molecule has 2 aromatic rings. The summed E-state index contributed by atoms with van der Waals surface area (Å²) in [6.45, 7) is 0.0170. The molecule has 0 unspecified atom stereocenters. The van der Waals surface area contributed by atoms with Gasteiger partial charge >= 0.3 is 0 Å². The van der Waals surface area contributed by atoms with E-state index in [4.69, 9.17) is 27.9 Å². The van der Waals surface area contributed by atoms with Crippen LogP contribution in [0.25, 0.3) is 0 Å². The molecule has 3 aliphatic carbocycles. The summed E-state index contributed by atoms with van der Waals surface area (Å²) in [7, 11) is 0. The number of benzene rings is 2. The van der Waals surface area contributed by atoms with E-state index in [0.29, 0.717) is 27.8 Å². The van der Waals surface area contributed by atoms with E-state index in [9.17, 15) is 9.59 Å². The van der Waals surface area contributed by atoms with Crippen LogP contribution in [0.1, 0.15) is 36.0 Å². The Balaban J connectivity index is 1.24. The van der Waals surface area contributed by atoms with Crippen molar-refractivity contribution < 1.29 is 14.3 Å². The monoisotopic (exact) mass is 403 g/mol. The Morgan fingerprint density at radius 3 is 2.37 bits per heavy atom. The molecule has 4 nitrogen and oxygen atoms in total. The van der Waals surface area contributed by atoms with Crippen LogP contribution >= 0.6 is 23.2 Å². The fourth-order valence-corrected chi connectivity index (χ4v) is 4.71. The van der Waals surface area contributed by atoms with Gasteiger partial charge < -0.3 is 10.1 Å². The van der Waals surface area contributed by atoms with Gasteiger partial charge in [-0.2, -0.15) is 0 Å². The van der Waals surface area contributed by atoms with E-state index in [0.717, 1.165) is 19.3 Å². The van der Waals surface area contributed by atoms with Crippen LogP contribution in [0.5, 0.6) is 5.75 Å². The van der Waals surface area contributed by atoms with Crippen molar-refractivity contribution in [2.24, 2.45) is 5.41 Å². The topological polar surface area (TPSA) is 55.4 Å². The van der Waals surface area contributed by atoms with Crippen molar-refractivity contribution in [1.82, 2.24) is 5.32 Å². The first-order chi connectivity index (χ1) is 12.9. The number of Topliss-reactive ketones (excluding diaryl/α,β-unsaturated/α-hetero) is 1. The lowest BCUT2D eigenvalue weighted by Gasteiger charge is -2.70. The van der Waals surface area contributed by atoms with E-state index in [1.807, 2.05) is 18.2 Å². The molecular weight excluding hydrogens is 385 g/mol. The number of carbonyl (C=O) groups is 2. The predicted molar refractivity (Wildman–Crippen MR) is 105 cm³/mol. The quantitative estimate of drug-likeness (QED) is 0.729. The highest BCUT2D eigenvalue weighted by molar-refractivity contribution is 6.42. The average Bonchev–Trinajstić information content (AvgIpc) is 2.60. The molecular formula is C21H19Cl2NO3. The molecule has 0 aromatic heterocycles. The number of amides is 1. The highest BCUT2D eigenvalue weighted by Gasteiger charge is 2.68. The summed E-state index contributed by atoms with van der Waals surface area (Å²) in [6.07, 6.45) is 3.06. The minimum absolute atomic E-state index is 0.0170. The van der Waals surface area contributed by atoms with Gasteiger partial charge in [0.1, 0.15) is 12.4 Å². The largest absolute Gasteiger partial charge is 0.486 e. The second kappa shape index (κ2) is 6.84. The highest BCUT2D eigenvalue weighted by Crippen LogP contribution is 2.69. The number of ether oxygens (including phenoxy) is 1. The molecule has 5 rings (SSSR count). The Labute approximate surface area is 167 Å². The van der Waals surface area contributed by atoms with E-state index in [1.54, 1.807) is 30.3 Å². The maximum absolute atomic E-state index is 12.3. The lowest BCUT2D eigenvalue weighted by atomic mass is 9.38. The minimum Gasteiger partial charge on any atom is -0.486 e. The molecule has 0 saturated heterocycles. The van der Waals surface area contributed by atoms with Gasteiger partial charge in [0.2, 0.25) is 0 Å². The first-order valence-electron chi connectivity index (χ1n) is 8.86. The molecule has 2 aromatic carbocycles. The van der Waals surface area contributed by atoms with Crippen LogP contribution in [-0.4, -0.2) is 23.8 Å². The Morgan fingerprint density at radius 1 is 1.00 bits per heavy atom. The van der Waals surface area contributed by atoms with Crippen molar-refractivity contribution in [2.75, 3.05) is 6.61 Å². The number of carbonyl (C=O) groups excluding carboxylic acids is 2. The number of halogens is 2. The zero-order valence-corrected chi connectivity index (χ0v) is 16.1. The summed E-state index contributed by atoms with van der Waals surface area (Å²) in [5, 5.41) is 3.98. The Kier molecular flexibility index (Phi) is 4.65. The molecule has 3 saturated carbocycles. The fraction of sp³-hybridized carbons (Fsp3) is 0.333. The first-order valence-corrected chi connectivity index (χ1v) is 9.62. The third kappa shape index (κ3) is 3.69. The van der Waals surface area contributed by atoms with Crippen LogP contribution in [0.15, 0.2) is 48.5 Å². The van der Waals surface area contributed by atoms with Crippen molar-refractivity contribution in [3.05, 3.63) is 64.1 Å². The molecule has 27 heavy (non-hydrogen) atoms. The minimum atomic E-state index is -0.127. The standard InChI is InChI=1S/C21H19Cl2NO3/c22-17-7-6-16(8-18(17)23)27-10-15(25)9-20-11-21(12-20,13-20)24-19(26)14-4-2-1-3-5-14/h1-8H,9-13H2,(H,24,26). The van der Waals surface area contributed by atoms with Gasteiger partial charge in [0.05, 0.1) is 10.0 Å². The van der Waals surface area contributed by atoms with Crippen molar-refractivity contribution in [3.63, 3.8) is 0 Å². The average molecular weight is 404 g/mol. The van der Waals surface area contributed by atoms with Crippen LogP contribution < -0.4 is 10.1 Å². The molecule has 1 N–H and O–H groups in total. The lowest BCUT2D eigenvalue weighted by Crippen LogP contribution is -2.75.